The Morgan fingerprint density at radius 1 is 1.04 bits per heavy atom. The zero-order chi connectivity index (χ0) is 17.7. The highest BCUT2D eigenvalue weighted by Gasteiger charge is 2.29. The smallest absolute Gasteiger partial charge is 0.340 e. The summed E-state index contributed by atoms with van der Waals surface area (Å²) in [5.41, 5.74) is 0.275. The monoisotopic (exact) mass is 338 g/mol. The predicted molar refractivity (Wildman–Crippen MR) is 86.3 cm³/mol. The highest BCUT2D eigenvalue weighted by molar-refractivity contribution is 5.89. The minimum Gasteiger partial charge on any atom is -0.340 e. The minimum absolute atomic E-state index is 0.0126. The molecule has 2 aromatic rings. The molecular weight excluding hydrogens is 321 g/mol. The largest absolute Gasteiger partial charge is 0.416 e. The highest BCUT2D eigenvalue weighted by Crippen LogP contribution is 2.30. The summed E-state index contributed by atoms with van der Waals surface area (Å²) in [6.07, 6.45) is -2.91. The van der Waals surface area contributed by atoms with Crippen molar-refractivity contribution < 1.29 is 18.0 Å². The van der Waals surface area contributed by atoms with Crippen LogP contribution in [0.5, 0.6) is 0 Å². The number of anilines is 3. The number of urea groups is 1. The fourth-order valence-electron chi connectivity index (χ4n) is 1.86. The van der Waals surface area contributed by atoms with Crippen molar-refractivity contribution >= 4 is 23.2 Å². The molecule has 0 aliphatic heterocycles. The average molecular weight is 338 g/mol. The number of aromatic nitrogens is 1. The van der Waals surface area contributed by atoms with Gasteiger partial charge in [-0.05, 0) is 50.2 Å². The van der Waals surface area contributed by atoms with E-state index in [-0.39, 0.29) is 12.1 Å². The molecule has 3 N–H and O–H groups in total. The van der Waals surface area contributed by atoms with Gasteiger partial charge in [-0.1, -0.05) is 0 Å². The molecule has 0 atom stereocenters. The van der Waals surface area contributed by atoms with Gasteiger partial charge < -0.3 is 16.0 Å². The number of halogens is 3. The van der Waals surface area contributed by atoms with Crippen LogP contribution in [0.1, 0.15) is 19.4 Å². The molecule has 1 heterocycles. The van der Waals surface area contributed by atoms with Crippen molar-refractivity contribution in [2.24, 2.45) is 0 Å². The summed E-state index contributed by atoms with van der Waals surface area (Å²) in [5.74, 6) is 0.449. The van der Waals surface area contributed by atoms with Crippen LogP contribution in [-0.4, -0.2) is 17.1 Å². The molecule has 0 saturated heterocycles. The molecule has 0 aliphatic carbocycles. The number of hydrogen-bond acceptors (Lipinski definition) is 3. The highest BCUT2D eigenvalue weighted by atomic mass is 19.4. The first-order valence-electron chi connectivity index (χ1n) is 7.22. The third kappa shape index (κ3) is 5.15. The fraction of sp³-hybridized carbons (Fsp3) is 0.250. The maximum absolute atomic E-state index is 12.5. The SMILES string of the molecule is CC(C)NC(=O)Nc1ccc(Nc2ccc(C(F)(F)F)cc2)nc1. The Morgan fingerprint density at radius 3 is 2.17 bits per heavy atom. The number of pyridine rings is 1. The normalized spacial score (nSPS) is 11.2. The predicted octanol–water partition coefficient (Wildman–Crippen LogP) is 4.37. The molecule has 2 rings (SSSR count). The molecule has 0 fully saturated rings. The van der Waals surface area contributed by atoms with E-state index in [1.165, 1.54) is 18.3 Å². The van der Waals surface area contributed by atoms with Crippen LogP contribution < -0.4 is 16.0 Å². The van der Waals surface area contributed by atoms with Crippen LogP contribution in [0, 0.1) is 0 Å². The van der Waals surface area contributed by atoms with Crippen molar-refractivity contribution in [3.63, 3.8) is 0 Å². The fourth-order valence-corrected chi connectivity index (χ4v) is 1.86. The lowest BCUT2D eigenvalue weighted by Crippen LogP contribution is -2.34. The standard InChI is InChI=1S/C16H17F3N4O/c1-10(2)21-15(24)23-13-7-8-14(20-9-13)22-12-5-3-11(4-6-12)16(17,18)19/h3-10H,1-2H3,(H,20,22)(H2,21,23,24). The van der Waals surface area contributed by atoms with Gasteiger partial charge in [-0.25, -0.2) is 9.78 Å². The molecule has 2 amide bonds. The number of nitrogens with one attached hydrogen (secondary N) is 3. The van der Waals surface area contributed by atoms with Gasteiger partial charge in [-0.3, -0.25) is 0 Å². The van der Waals surface area contributed by atoms with Gasteiger partial charge >= 0.3 is 12.2 Å². The zero-order valence-electron chi connectivity index (χ0n) is 13.1. The molecule has 0 unspecified atom stereocenters. The number of benzene rings is 1. The van der Waals surface area contributed by atoms with E-state index in [0.29, 0.717) is 17.2 Å². The van der Waals surface area contributed by atoms with Crippen LogP contribution in [0.3, 0.4) is 0 Å². The van der Waals surface area contributed by atoms with Crippen molar-refractivity contribution in [1.29, 1.82) is 0 Å². The lowest BCUT2D eigenvalue weighted by Gasteiger charge is -2.11. The summed E-state index contributed by atoms with van der Waals surface area (Å²) in [4.78, 5) is 15.7. The van der Waals surface area contributed by atoms with E-state index in [4.69, 9.17) is 0 Å². The average Bonchev–Trinajstić information content (AvgIpc) is 2.48. The summed E-state index contributed by atoms with van der Waals surface area (Å²) in [7, 11) is 0. The van der Waals surface area contributed by atoms with Gasteiger partial charge in [0.15, 0.2) is 0 Å². The van der Waals surface area contributed by atoms with Crippen LogP contribution in [0.2, 0.25) is 0 Å². The van der Waals surface area contributed by atoms with E-state index in [2.05, 4.69) is 20.9 Å². The molecule has 1 aromatic heterocycles. The summed E-state index contributed by atoms with van der Waals surface area (Å²) in [6.45, 7) is 3.68. The van der Waals surface area contributed by atoms with Gasteiger partial charge in [0.1, 0.15) is 5.82 Å². The second-order valence-corrected chi connectivity index (χ2v) is 5.39. The Hall–Kier alpha value is -2.77. The van der Waals surface area contributed by atoms with E-state index >= 15 is 0 Å². The molecule has 128 valence electrons. The number of nitrogens with zero attached hydrogens (tertiary/aromatic N) is 1. The molecule has 0 aliphatic rings. The van der Waals surface area contributed by atoms with Gasteiger partial charge in [-0.2, -0.15) is 13.2 Å². The summed E-state index contributed by atoms with van der Waals surface area (Å²) >= 11 is 0. The quantitative estimate of drug-likeness (QED) is 0.775. The second-order valence-electron chi connectivity index (χ2n) is 5.39. The number of amides is 2. The van der Waals surface area contributed by atoms with Gasteiger partial charge in [0.2, 0.25) is 0 Å². The van der Waals surface area contributed by atoms with Crippen LogP contribution in [0.4, 0.5) is 35.2 Å². The van der Waals surface area contributed by atoms with Crippen molar-refractivity contribution in [1.82, 2.24) is 10.3 Å². The Labute approximate surface area is 137 Å². The van der Waals surface area contributed by atoms with E-state index in [0.717, 1.165) is 12.1 Å². The van der Waals surface area contributed by atoms with Gasteiger partial charge in [0, 0.05) is 11.7 Å². The van der Waals surface area contributed by atoms with Crippen LogP contribution in [0.15, 0.2) is 42.6 Å². The van der Waals surface area contributed by atoms with Crippen molar-refractivity contribution in [2.45, 2.75) is 26.1 Å². The summed E-state index contributed by atoms with van der Waals surface area (Å²) in [6, 6.07) is 7.57. The number of carbonyl (C=O) groups excluding carboxylic acids is 1. The zero-order valence-corrected chi connectivity index (χ0v) is 13.1. The first-order chi connectivity index (χ1) is 11.2. The maximum atomic E-state index is 12.5. The van der Waals surface area contributed by atoms with Gasteiger partial charge in [0.05, 0.1) is 17.4 Å². The first-order valence-corrected chi connectivity index (χ1v) is 7.22. The van der Waals surface area contributed by atoms with Crippen LogP contribution >= 0.6 is 0 Å². The summed E-state index contributed by atoms with van der Waals surface area (Å²) in [5, 5.41) is 8.19. The van der Waals surface area contributed by atoms with E-state index in [1.54, 1.807) is 12.1 Å². The Kier molecular flexibility index (Phi) is 5.28. The van der Waals surface area contributed by atoms with Crippen molar-refractivity contribution in [3.05, 3.63) is 48.2 Å². The lowest BCUT2D eigenvalue weighted by molar-refractivity contribution is -0.137. The van der Waals surface area contributed by atoms with E-state index < -0.39 is 11.7 Å². The number of rotatable bonds is 4. The molecule has 0 radical (unpaired) electrons. The molecule has 5 nitrogen and oxygen atoms in total. The van der Waals surface area contributed by atoms with Crippen LogP contribution in [-0.2, 0) is 6.18 Å². The van der Waals surface area contributed by atoms with E-state index in [9.17, 15) is 18.0 Å². The molecule has 0 spiro atoms. The Morgan fingerprint density at radius 2 is 1.67 bits per heavy atom. The first kappa shape index (κ1) is 17.6. The second kappa shape index (κ2) is 7.20. The maximum Gasteiger partial charge on any atom is 0.416 e. The number of hydrogen-bond donors (Lipinski definition) is 3. The van der Waals surface area contributed by atoms with Gasteiger partial charge in [-0.15, -0.1) is 0 Å². The van der Waals surface area contributed by atoms with Crippen LogP contribution in [0.25, 0.3) is 0 Å². The number of alkyl halides is 3. The topological polar surface area (TPSA) is 66.1 Å². The third-order valence-electron chi connectivity index (χ3n) is 2.93. The molecule has 0 saturated carbocycles. The van der Waals surface area contributed by atoms with E-state index in [1.807, 2.05) is 13.8 Å². The minimum atomic E-state index is -4.36. The molecule has 1 aromatic carbocycles. The van der Waals surface area contributed by atoms with Crippen molar-refractivity contribution in [3.8, 4) is 0 Å². The van der Waals surface area contributed by atoms with Gasteiger partial charge in [0.25, 0.3) is 0 Å². The summed E-state index contributed by atoms with van der Waals surface area (Å²) < 4.78 is 37.5. The third-order valence-corrected chi connectivity index (χ3v) is 2.93. The number of carbonyl (C=O) groups is 1. The Bertz CT molecular complexity index is 682. The molecule has 24 heavy (non-hydrogen) atoms. The lowest BCUT2D eigenvalue weighted by atomic mass is 10.2. The van der Waals surface area contributed by atoms with Crippen molar-refractivity contribution in [2.75, 3.05) is 10.6 Å². The molecule has 8 heteroatoms. The molecular formula is C16H17F3N4O. The Balaban J connectivity index is 1.97. The molecule has 0 bridgehead atoms.